The molecule has 1 aromatic heterocycles. The second-order valence-corrected chi connectivity index (χ2v) is 4.87. The highest BCUT2D eigenvalue weighted by Crippen LogP contribution is 2.33. The van der Waals surface area contributed by atoms with E-state index >= 15 is 0 Å². The number of carbonyl (C=O) groups excluding carboxylic acids is 1. The van der Waals surface area contributed by atoms with Gasteiger partial charge < -0.3 is 9.42 Å². The van der Waals surface area contributed by atoms with E-state index in [1.807, 2.05) is 11.8 Å². The molecule has 2 atom stereocenters. The van der Waals surface area contributed by atoms with Gasteiger partial charge in [-0.1, -0.05) is 17.3 Å². The maximum absolute atomic E-state index is 12.6. The zero-order valence-electron chi connectivity index (χ0n) is 10.1. The first kappa shape index (κ1) is 10.6. The van der Waals surface area contributed by atoms with Crippen LogP contribution in [0.4, 0.5) is 0 Å². The van der Waals surface area contributed by atoms with Crippen LogP contribution in [0.3, 0.4) is 0 Å². The molecule has 4 nitrogen and oxygen atoms in total. The second kappa shape index (κ2) is 3.72. The second-order valence-electron chi connectivity index (χ2n) is 4.87. The maximum atomic E-state index is 12.6. The molecule has 0 aromatic carbocycles. The number of hydrogen-bond acceptors (Lipinski definition) is 3. The summed E-state index contributed by atoms with van der Waals surface area (Å²) in [6, 6.07) is 0.640. The smallest absolute Gasteiger partial charge is 0.260 e. The summed E-state index contributed by atoms with van der Waals surface area (Å²) in [4.78, 5) is 14.6. The summed E-state index contributed by atoms with van der Waals surface area (Å²) in [6.45, 7) is 3.63. The fraction of sp³-hybridized carbons (Fsp3) is 0.538. The van der Waals surface area contributed by atoms with Gasteiger partial charge in [-0.25, -0.2) is 0 Å². The number of aryl methyl sites for hydroxylation is 2. The lowest BCUT2D eigenvalue weighted by Gasteiger charge is -2.31. The van der Waals surface area contributed by atoms with Crippen molar-refractivity contribution in [1.29, 1.82) is 0 Å². The maximum Gasteiger partial charge on any atom is 0.260 e. The van der Waals surface area contributed by atoms with Crippen LogP contribution in [-0.2, 0) is 0 Å². The van der Waals surface area contributed by atoms with Gasteiger partial charge in [0.25, 0.3) is 5.91 Å². The third-order valence-corrected chi connectivity index (χ3v) is 3.79. The lowest BCUT2D eigenvalue weighted by Crippen LogP contribution is -2.42. The fourth-order valence-electron chi connectivity index (χ4n) is 2.96. The lowest BCUT2D eigenvalue weighted by atomic mass is 10.1. The number of nitrogens with zero attached hydrogens (tertiary/aromatic N) is 2. The zero-order valence-corrected chi connectivity index (χ0v) is 10.1. The van der Waals surface area contributed by atoms with Crippen molar-refractivity contribution in [3.05, 3.63) is 29.2 Å². The van der Waals surface area contributed by atoms with Crippen molar-refractivity contribution in [3.8, 4) is 0 Å². The molecule has 1 fully saturated rings. The average Bonchev–Trinajstić information content (AvgIpc) is 2.76. The average molecular weight is 232 g/mol. The Morgan fingerprint density at radius 3 is 2.94 bits per heavy atom. The van der Waals surface area contributed by atoms with E-state index in [1.54, 1.807) is 6.92 Å². The first-order valence-corrected chi connectivity index (χ1v) is 6.10. The van der Waals surface area contributed by atoms with Crippen LogP contribution < -0.4 is 0 Å². The van der Waals surface area contributed by atoms with E-state index in [2.05, 4.69) is 17.3 Å². The van der Waals surface area contributed by atoms with Crippen molar-refractivity contribution in [3.63, 3.8) is 0 Å². The first-order valence-electron chi connectivity index (χ1n) is 6.10. The van der Waals surface area contributed by atoms with Crippen LogP contribution in [0.25, 0.3) is 0 Å². The van der Waals surface area contributed by atoms with E-state index in [-0.39, 0.29) is 11.9 Å². The summed E-state index contributed by atoms with van der Waals surface area (Å²) in [5.41, 5.74) is 1.35. The Morgan fingerprint density at radius 2 is 2.29 bits per heavy atom. The Morgan fingerprint density at radius 1 is 1.47 bits per heavy atom. The van der Waals surface area contributed by atoms with Gasteiger partial charge in [-0.3, -0.25) is 4.79 Å². The quantitative estimate of drug-likeness (QED) is 0.697. The van der Waals surface area contributed by atoms with Crippen molar-refractivity contribution in [2.24, 2.45) is 0 Å². The summed E-state index contributed by atoms with van der Waals surface area (Å²) in [5.74, 6) is 0.708. The van der Waals surface area contributed by atoms with E-state index in [0.29, 0.717) is 23.1 Å². The van der Waals surface area contributed by atoms with Gasteiger partial charge in [0.15, 0.2) is 0 Å². The van der Waals surface area contributed by atoms with E-state index in [9.17, 15) is 4.79 Å². The van der Waals surface area contributed by atoms with Gasteiger partial charge in [0.2, 0.25) is 0 Å². The van der Waals surface area contributed by atoms with Gasteiger partial charge in [-0.15, -0.1) is 0 Å². The molecule has 0 saturated carbocycles. The third kappa shape index (κ3) is 1.51. The van der Waals surface area contributed by atoms with Gasteiger partial charge in [0.1, 0.15) is 11.3 Å². The minimum absolute atomic E-state index is 0.0816. The Labute approximate surface area is 100 Å². The van der Waals surface area contributed by atoms with Crippen molar-refractivity contribution in [2.75, 3.05) is 0 Å². The Balaban J connectivity index is 1.96. The number of rotatable bonds is 1. The van der Waals surface area contributed by atoms with E-state index < -0.39 is 0 Å². The standard InChI is InChI=1S/C13H16N2O2/c1-8-12(9(2)17-14-8)13(16)15-10-4-3-5-11(15)7-6-10/h3-4,10-11H,5-7H2,1-2H3/t10-,11-/m0/s1. The molecule has 3 heterocycles. The molecule has 3 rings (SSSR count). The van der Waals surface area contributed by atoms with Crippen LogP contribution in [0.1, 0.15) is 41.1 Å². The molecule has 2 bridgehead atoms. The van der Waals surface area contributed by atoms with Crippen LogP contribution >= 0.6 is 0 Å². The van der Waals surface area contributed by atoms with Gasteiger partial charge in [-0.2, -0.15) is 0 Å². The molecule has 17 heavy (non-hydrogen) atoms. The molecular weight excluding hydrogens is 216 g/mol. The lowest BCUT2D eigenvalue weighted by molar-refractivity contribution is 0.0686. The molecule has 2 aliphatic heterocycles. The first-order chi connectivity index (χ1) is 8.18. The molecule has 90 valence electrons. The van der Waals surface area contributed by atoms with E-state index in [0.717, 1.165) is 19.3 Å². The minimum atomic E-state index is 0.0816. The highest BCUT2D eigenvalue weighted by molar-refractivity contribution is 5.97. The summed E-state index contributed by atoms with van der Waals surface area (Å²) >= 11 is 0. The molecule has 1 aromatic rings. The van der Waals surface area contributed by atoms with Crippen molar-refractivity contribution >= 4 is 5.91 Å². The minimum Gasteiger partial charge on any atom is -0.361 e. The molecule has 1 saturated heterocycles. The number of aromatic nitrogens is 1. The SMILES string of the molecule is Cc1noc(C)c1C(=O)N1[C@H]2CC=C[C@H]1CC2. The monoisotopic (exact) mass is 232 g/mol. The predicted octanol–water partition coefficient (Wildman–Crippen LogP) is 2.22. The van der Waals surface area contributed by atoms with Crippen molar-refractivity contribution in [2.45, 2.75) is 45.2 Å². The van der Waals surface area contributed by atoms with Crippen LogP contribution in [0.5, 0.6) is 0 Å². The largest absolute Gasteiger partial charge is 0.361 e. The summed E-state index contributed by atoms with van der Waals surface area (Å²) < 4.78 is 5.08. The zero-order chi connectivity index (χ0) is 12.0. The normalized spacial score (nSPS) is 26.6. The van der Waals surface area contributed by atoms with E-state index in [4.69, 9.17) is 4.52 Å². The molecule has 0 aliphatic carbocycles. The van der Waals surface area contributed by atoms with Gasteiger partial charge in [-0.05, 0) is 33.1 Å². The Hall–Kier alpha value is -1.58. The predicted molar refractivity (Wildman–Crippen MR) is 62.7 cm³/mol. The molecule has 0 radical (unpaired) electrons. The molecule has 4 heteroatoms. The number of amides is 1. The van der Waals surface area contributed by atoms with Crippen LogP contribution in [0, 0.1) is 13.8 Å². The topological polar surface area (TPSA) is 46.3 Å². The molecular formula is C13H16N2O2. The molecule has 0 N–H and O–H groups in total. The number of carbonyl (C=O) groups is 1. The third-order valence-electron chi connectivity index (χ3n) is 3.79. The molecule has 2 aliphatic rings. The van der Waals surface area contributed by atoms with Crippen LogP contribution in [0.15, 0.2) is 16.7 Å². The van der Waals surface area contributed by atoms with E-state index in [1.165, 1.54) is 0 Å². The fourth-order valence-corrected chi connectivity index (χ4v) is 2.96. The molecule has 0 unspecified atom stereocenters. The van der Waals surface area contributed by atoms with Gasteiger partial charge in [0, 0.05) is 6.04 Å². The highest BCUT2D eigenvalue weighted by Gasteiger charge is 2.39. The summed E-state index contributed by atoms with van der Waals surface area (Å²) in [5, 5.41) is 3.86. The Kier molecular flexibility index (Phi) is 2.31. The molecule has 1 amide bonds. The van der Waals surface area contributed by atoms with Crippen molar-refractivity contribution < 1.29 is 9.32 Å². The molecule has 0 spiro atoms. The van der Waals surface area contributed by atoms with Crippen LogP contribution in [0.2, 0.25) is 0 Å². The van der Waals surface area contributed by atoms with Gasteiger partial charge in [0.05, 0.1) is 11.7 Å². The van der Waals surface area contributed by atoms with Gasteiger partial charge >= 0.3 is 0 Å². The van der Waals surface area contributed by atoms with Crippen LogP contribution in [-0.4, -0.2) is 28.0 Å². The summed E-state index contributed by atoms with van der Waals surface area (Å²) in [7, 11) is 0. The van der Waals surface area contributed by atoms with Crippen molar-refractivity contribution in [1.82, 2.24) is 10.1 Å². The number of hydrogen-bond donors (Lipinski definition) is 0. The summed E-state index contributed by atoms with van der Waals surface area (Å²) in [6.07, 6.45) is 7.51. The highest BCUT2D eigenvalue weighted by atomic mass is 16.5. The Bertz CT molecular complexity index is 470. The number of fused-ring (bicyclic) bond motifs is 2.